The van der Waals surface area contributed by atoms with Crippen LogP contribution in [0.5, 0.6) is 0 Å². The first kappa shape index (κ1) is 15.7. The van der Waals surface area contributed by atoms with Gasteiger partial charge in [-0.2, -0.15) is 5.10 Å². The van der Waals surface area contributed by atoms with Crippen molar-refractivity contribution in [2.45, 2.75) is 25.9 Å². The van der Waals surface area contributed by atoms with Gasteiger partial charge >= 0.3 is 0 Å². The molecule has 0 saturated carbocycles. The van der Waals surface area contributed by atoms with Crippen molar-refractivity contribution in [2.24, 2.45) is 0 Å². The van der Waals surface area contributed by atoms with Gasteiger partial charge in [0, 0.05) is 11.4 Å². The van der Waals surface area contributed by atoms with Crippen LogP contribution in [-0.2, 0) is 21.2 Å². The van der Waals surface area contributed by atoms with E-state index in [0.29, 0.717) is 17.5 Å². The zero-order valence-corrected chi connectivity index (χ0v) is 13.5. The molecule has 1 aromatic carbocycles. The quantitative estimate of drug-likeness (QED) is 0.852. The van der Waals surface area contributed by atoms with E-state index < -0.39 is 15.7 Å². The van der Waals surface area contributed by atoms with Crippen molar-refractivity contribution in [3.63, 3.8) is 0 Å². The van der Waals surface area contributed by atoms with Crippen LogP contribution in [-0.4, -0.2) is 41.7 Å². The fourth-order valence-electron chi connectivity index (χ4n) is 2.83. The van der Waals surface area contributed by atoms with Gasteiger partial charge in [0.25, 0.3) is 5.56 Å². The van der Waals surface area contributed by atoms with Gasteiger partial charge in [-0.25, -0.2) is 13.1 Å². The molecule has 1 aromatic heterocycles. The number of carbonyl (C=O) groups excluding carboxylic acids is 1. The number of benzene rings is 1. The molecule has 7 nitrogen and oxygen atoms in total. The van der Waals surface area contributed by atoms with Crippen molar-refractivity contribution < 1.29 is 13.2 Å². The standard InChI is InChI=1S/C15H17N3O4S/c1-10-12-4-2-3-5-13(12)15(20)18(17-10)8-14(19)16-11-6-7-23(21,22)9-11/h2-5,11H,6-9H2,1H3,(H,16,19). The third-order valence-electron chi connectivity index (χ3n) is 3.94. The third-order valence-corrected chi connectivity index (χ3v) is 5.71. The summed E-state index contributed by atoms with van der Waals surface area (Å²) in [6, 6.07) is 6.71. The minimum Gasteiger partial charge on any atom is -0.351 e. The van der Waals surface area contributed by atoms with Gasteiger partial charge in [0.2, 0.25) is 5.91 Å². The van der Waals surface area contributed by atoms with E-state index in [9.17, 15) is 18.0 Å². The number of hydrogen-bond acceptors (Lipinski definition) is 5. The van der Waals surface area contributed by atoms with E-state index in [-0.39, 0.29) is 29.7 Å². The first-order valence-corrected chi connectivity index (χ1v) is 9.14. The van der Waals surface area contributed by atoms with Crippen LogP contribution in [0.15, 0.2) is 29.1 Å². The number of carbonyl (C=O) groups is 1. The lowest BCUT2D eigenvalue weighted by atomic mass is 10.1. The Morgan fingerprint density at radius 3 is 2.70 bits per heavy atom. The number of fused-ring (bicyclic) bond motifs is 1. The van der Waals surface area contributed by atoms with Gasteiger partial charge in [-0.3, -0.25) is 9.59 Å². The van der Waals surface area contributed by atoms with Gasteiger partial charge < -0.3 is 5.32 Å². The molecule has 23 heavy (non-hydrogen) atoms. The SMILES string of the molecule is Cc1nn(CC(=O)NC2CCS(=O)(=O)C2)c(=O)c2ccccc12. The van der Waals surface area contributed by atoms with E-state index in [1.807, 2.05) is 12.1 Å². The molecule has 1 aliphatic rings. The Bertz CT molecular complexity index is 933. The smallest absolute Gasteiger partial charge is 0.275 e. The molecule has 1 fully saturated rings. The molecule has 1 aliphatic heterocycles. The van der Waals surface area contributed by atoms with Crippen molar-refractivity contribution in [1.29, 1.82) is 0 Å². The van der Waals surface area contributed by atoms with Gasteiger partial charge in [0.1, 0.15) is 6.54 Å². The molecule has 1 N–H and O–H groups in total. The van der Waals surface area contributed by atoms with E-state index >= 15 is 0 Å². The minimum absolute atomic E-state index is 0.0438. The summed E-state index contributed by atoms with van der Waals surface area (Å²) < 4.78 is 23.9. The van der Waals surface area contributed by atoms with Crippen LogP contribution in [0.4, 0.5) is 0 Å². The van der Waals surface area contributed by atoms with Crippen LogP contribution >= 0.6 is 0 Å². The zero-order valence-electron chi connectivity index (χ0n) is 12.7. The summed E-state index contributed by atoms with van der Waals surface area (Å²) in [5, 5.41) is 8.10. The van der Waals surface area contributed by atoms with E-state index in [1.54, 1.807) is 19.1 Å². The van der Waals surface area contributed by atoms with Crippen molar-refractivity contribution in [3.05, 3.63) is 40.3 Å². The Morgan fingerprint density at radius 1 is 1.35 bits per heavy atom. The van der Waals surface area contributed by atoms with Gasteiger partial charge in [0.05, 0.1) is 22.6 Å². The normalized spacial score (nSPS) is 19.8. The maximum Gasteiger partial charge on any atom is 0.275 e. The maximum absolute atomic E-state index is 12.4. The molecule has 0 aliphatic carbocycles. The first-order valence-electron chi connectivity index (χ1n) is 7.32. The highest BCUT2D eigenvalue weighted by molar-refractivity contribution is 7.91. The summed E-state index contributed by atoms with van der Waals surface area (Å²) in [6.45, 7) is 1.56. The molecule has 1 saturated heterocycles. The lowest BCUT2D eigenvalue weighted by Crippen LogP contribution is -2.40. The molecule has 122 valence electrons. The predicted octanol–water partition coefficient (Wildman–Crippen LogP) is 0.00822. The highest BCUT2D eigenvalue weighted by atomic mass is 32.2. The van der Waals surface area contributed by atoms with Crippen LogP contribution < -0.4 is 10.9 Å². The summed E-state index contributed by atoms with van der Waals surface area (Å²) in [6.07, 6.45) is 0.410. The molecule has 1 atom stereocenters. The molecule has 0 radical (unpaired) electrons. The molecular weight excluding hydrogens is 318 g/mol. The molecule has 1 unspecified atom stereocenters. The third kappa shape index (κ3) is 3.26. The van der Waals surface area contributed by atoms with Gasteiger partial charge in [-0.1, -0.05) is 18.2 Å². The van der Waals surface area contributed by atoms with Gasteiger partial charge in [0.15, 0.2) is 9.84 Å². The van der Waals surface area contributed by atoms with E-state index in [1.165, 1.54) is 0 Å². The molecular formula is C15H17N3O4S. The van der Waals surface area contributed by atoms with Crippen molar-refractivity contribution in [2.75, 3.05) is 11.5 Å². The second kappa shape index (κ2) is 5.77. The van der Waals surface area contributed by atoms with Crippen molar-refractivity contribution in [1.82, 2.24) is 15.1 Å². The fourth-order valence-corrected chi connectivity index (χ4v) is 4.50. The van der Waals surface area contributed by atoms with E-state index in [0.717, 1.165) is 10.1 Å². The van der Waals surface area contributed by atoms with Crippen LogP contribution in [0, 0.1) is 6.92 Å². The Hall–Kier alpha value is -2.22. The first-order chi connectivity index (χ1) is 10.9. The fraction of sp³-hybridized carbons (Fsp3) is 0.400. The average Bonchev–Trinajstić information content (AvgIpc) is 2.83. The Kier molecular flexibility index (Phi) is 3.93. The molecule has 8 heteroatoms. The largest absolute Gasteiger partial charge is 0.351 e. The second-order valence-corrected chi connectivity index (χ2v) is 7.99. The molecule has 2 aromatic rings. The maximum atomic E-state index is 12.4. The van der Waals surface area contributed by atoms with Gasteiger partial charge in [-0.15, -0.1) is 0 Å². The van der Waals surface area contributed by atoms with Gasteiger partial charge in [-0.05, 0) is 19.4 Å². The lowest BCUT2D eigenvalue weighted by Gasteiger charge is -2.12. The number of rotatable bonds is 3. The number of sulfone groups is 1. The molecule has 3 rings (SSSR count). The highest BCUT2D eigenvalue weighted by Crippen LogP contribution is 2.12. The highest BCUT2D eigenvalue weighted by Gasteiger charge is 2.29. The predicted molar refractivity (Wildman–Crippen MR) is 85.9 cm³/mol. The molecule has 1 amide bonds. The van der Waals surface area contributed by atoms with Crippen LogP contribution in [0.25, 0.3) is 10.8 Å². The average molecular weight is 335 g/mol. The summed E-state index contributed by atoms with van der Waals surface area (Å²) in [7, 11) is -3.06. The topological polar surface area (TPSA) is 98.1 Å². The van der Waals surface area contributed by atoms with Crippen LogP contribution in [0.2, 0.25) is 0 Å². The van der Waals surface area contributed by atoms with Crippen LogP contribution in [0.3, 0.4) is 0 Å². The number of hydrogen-bond donors (Lipinski definition) is 1. The van der Waals surface area contributed by atoms with E-state index in [2.05, 4.69) is 10.4 Å². The summed E-state index contributed by atoms with van der Waals surface area (Å²) in [5.74, 6) is -0.361. The Labute approximate surface area is 133 Å². The number of amides is 1. The van der Waals surface area contributed by atoms with E-state index in [4.69, 9.17) is 0 Å². The number of nitrogens with zero attached hydrogens (tertiary/aromatic N) is 2. The number of nitrogens with one attached hydrogen (secondary N) is 1. The van der Waals surface area contributed by atoms with Crippen molar-refractivity contribution in [3.8, 4) is 0 Å². The summed E-state index contributed by atoms with van der Waals surface area (Å²) in [5.41, 5.74) is 0.330. The molecule has 0 spiro atoms. The zero-order chi connectivity index (χ0) is 16.6. The molecule has 2 heterocycles. The lowest BCUT2D eigenvalue weighted by molar-refractivity contribution is -0.122. The summed E-state index contributed by atoms with van der Waals surface area (Å²) in [4.78, 5) is 24.5. The summed E-state index contributed by atoms with van der Waals surface area (Å²) >= 11 is 0. The van der Waals surface area contributed by atoms with Crippen LogP contribution in [0.1, 0.15) is 12.1 Å². The Balaban J connectivity index is 1.80. The second-order valence-electron chi connectivity index (χ2n) is 5.76. The molecule has 0 bridgehead atoms. The number of aryl methyl sites for hydroxylation is 1. The monoisotopic (exact) mass is 335 g/mol. The number of aromatic nitrogens is 2. The minimum atomic E-state index is -3.06. The Morgan fingerprint density at radius 2 is 2.04 bits per heavy atom. The van der Waals surface area contributed by atoms with Crippen molar-refractivity contribution >= 4 is 26.5 Å².